The lowest BCUT2D eigenvalue weighted by Gasteiger charge is -2.11. The molecule has 4 rings (SSSR count). The molecule has 0 aliphatic rings. The van der Waals surface area contributed by atoms with Gasteiger partial charge in [0.05, 0.1) is 4.90 Å². The highest BCUT2D eigenvalue weighted by molar-refractivity contribution is 7.90. The Bertz CT molecular complexity index is 1580. The van der Waals surface area contributed by atoms with Gasteiger partial charge in [0, 0.05) is 11.8 Å². The summed E-state index contributed by atoms with van der Waals surface area (Å²) in [6, 6.07) is 22.6. The smallest absolute Gasteiger partial charge is 0.339 e. The number of aryl methyl sites for hydroxylation is 1. The standard InChI is InChI=1S/C24H20N2O6S2/c1-17-9-12-22(13-10-17)33(28,29)26-24(27)25-20-7-4-8-21(16-20)32-34(30,31)23-14-11-18-5-2-3-6-19(18)15-23/h2-16H,1H3,(H2,25,26,27). The summed E-state index contributed by atoms with van der Waals surface area (Å²) >= 11 is 0. The van der Waals surface area contributed by atoms with Crippen LogP contribution in [0.3, 0.4) is 0 Å². The molecule has 10 heteroatoms. The van der Waals surface area contributed by atoms with Crippen LogP contribution in [0.2, 0.25) is 0 Å². The van der Waals surface area contributed by atoms with Crippen LogP contribution in [0.25, 0.3) is 10.8 Å². The van der Waals surface area contributed by atoms with E-state index in [1.165, 1.54) is 48.5 Å². The molecular formula is C24H20N2O6S2. The molecular weight excluding hydrogens is 476 g/mol. The molecule has 2 amide bonds. The van der Waals surface area contributed by atoms with Crippen molar-refractivity contribution in [1.82, 2.24) is 4.72 Å². The Kier molecular flexibility index (Phi) is 6.27. The molecule has 0 saturated carbocycles. The van der Waals surface area contributed by atoms with Gasteiger partial charge in [0.15, 0.2) is 0 Å². The summed E-state index contributed by atoms with van der Waals surface area (Å²) < 4.78 is 57.4. The number of urea groups is 1. The second-order valence-corrected chi connectivity index (χ2v) is 10.7. The maximum Gasteiger partial charge on any atom is 0.339 e. The van der Waals surface area contributed by atoms with E-state index in [1.807, 2.05) is 23.8 Å². The van der Waals surface area contributed by atoms with Crippen molar-refractivity contribution in [1.29, 1.82) is 0 Å². The lowest BCUT2D eigenvalue weighted by atomic mass is 10.1. The maximum absolute atomic E-state index is 12.7. The Morgan fingerprint density at radius 2 is 1.41 bits per heavy atom. The van der Waals surface area contributed by atoms with Crippen molar-refractivity contribution in [3.05, 3.63) is 96.6 Å². The Balaban J connectivity index is 1.48. The number of anilines is 1. The van der Waals surface area contributed by atoms with E-state index in [1.54, 1.807) is 30.3 Å². The van der Waals surface area contributed by atoms with E-state index in [-0.39, 0.29) is 21.2 Å². The molecule has 0 saturated heterocycles. The Labute approximate surface area is 197 Å². The number of hydrogen-bond donors (Lipinski definition) is 2. The molecule has 2 N–H and O–H groups in total. The number of sulfonamides is 1. The van der Waals surface area contributed by atoms with Crippen molar-refractivity contribution in [3.63, 3.8) is 0 Å². The number of benzene rings is 4. The molecule has 0 heterocycles. The normalized spacial score (nSPS) is 11.7. The first-order chi connectivity index (χ1) is 16.1. The van der Waals surface area contributed by atoms with Gasteiger partial charge in [-0.25, -0.2) is 17.9 Å². The summed E-state index contributed by atoms with van der Waals surface area (Å²) in [4.78, 5) is 12.2. The fourth-order valence-electron chi connectivity index (χ4n) is 3.18. The largest absolute Gasteiger partial charge is 0.379 e. The minimum Gasteiger partial charge on any atom is -0.379 e. The number of nitrogens with one attached hydrogen (secondary N) is 2. The molecule has 0 aromatic heterocycles. The zero-order valence-corrected chi connectivity index (χ0v) is 19.6. The molecule has 0 bridgehead atoms. The van der Waals surface area contributed by atoms with Crippen LogP contribution in [-0.2, 0) is 20.1 Å². The first-order valence-corrected chi connectivity index (χ1v) is 13.0. The van der Waals surface area contributed by atoms with Crippen LogP contribution < -0.4 is 14.2 Å². The zero-order valence-electron chi connectivity index (χ0n) is 17.9. The van der Waals surface area contributed by atoms with E-state index in [4.69, 9.17) is 4.18 Å². The summed E-state index contributed by atoms with van der Waals surface area (Å²) in [7, 11) is -8.22. The molecule has 4 aromatic rings. The van der Waals surface area contributed by atoms with Gasteiger partial charge in [0.2, 0.25) is 0 Å². The molecule has 0 aliphatic heterocycles. The number of hydrogen-bond acceptors (Lipinski definition) is 6. The third kappa shape index (κ3) is 5.36. The second-order valence-electron chi connectivity index (χ2n) is 7.45. The number of carbonyl (C=O) groups is 1. The van der Waals surface area contributed by atoms with E-state index in [0.29, 0.717) is 0 Å². The predicted molar refractivity (Wildman–Crippen MR) is 129 cm³/mol. The molecule has 0 spiro atoms. The summed E-state index contributed by atoms with van der Waals surface area (Å²) in [5.74, 6) is -0.0487. The maximum atomic E-state index is 12.7. The summed E-state index contributed by atoms with van der Waals surface area (Å²) in [6.45, 7) is 1.81. The van der Waals surface area contributed by atoms with Gasteiger partial charge in [-0.1, -0.05) is 54.1 Å². The van der Waals surface area contributed by atoms with Crippen LogP contribution >= 0.6 is 0 Å². The molecule has 0 atom stereocenters. The number of fused-ring (bicyclic) bond motifs is 1. The van der Waals surface area contributed by atoms with E-state index >= 15 is 0 Å². The molecule has 0 fully saturated rings. The van der Waals surface area contributed by atoms with Gasteiger partial charge in [-0.15, -0.1) is 0 Å². The van der Waals surface area contributed by atoms with Gasteiger partial charge < -0.3 is 9.50 Å². The molecule has 0 radical (unpaired) electrons. The van der Waals surface area contributed by atoms with E-state index in [9.17, 15) is 21.6 Å². The summed E-state index contributed by atoms with van der Waals surface area (Å²) in [5, 5.41) is 4.00. The van der Waals surface area contributed by atoms with Crippen molar-refractivity contribution in [2.24, 2.45) is 0 Å². The molecule has 8 nitrogen and oxygen atoms in total. The lowest BCUT2D eigenvalue weighted by molar-refractivity contribution is 0.256. The summed E-state index contributed by atoms with van der Waals surface area (Å²) in [5.41, 5.74) is 1.02. The van der Waals surface area contributed by atoms with Gasteiger partial charge >= 0.3 is 16.1 Å². The summed E-state index contributed by atoms with van der Waals surface area (Å²) in [6.07, 6.45) is 0. The van der Waals surface area contributed by atoms with Crippen LogP contribution in [-0.4, -0.2) is 22.9 Å². The quantitative estimate of drug-likeness (QED) is 0.381. The predicted octanol–water partition coefficient (Wildman–Crippen LogP) is 4.43. The van der Waals surface area contributed by atoms with Gasteiger partial charge in [-0.2, -0.15) is 8.42 Å². The van der Waals surface area contributed by atoms with Gasteiger partial charge in [0.1, 0.15) is 10.6 Å². The Morgan fingerprint density at radius 1 is 0.735 bits per heavy atom. The van der Waals surface area contributed by atoms with E-state index < -0.39 is 26.2 Å². The van der Waals surface area contributed by atoms with Gasteiger partial charge in [-0.3, -0.25) is 0 Å². The first kappa shape index (κ1) is 23.3. The van der Waals surface area contributed by atoms with Gasteiger partial charge in [0.25, 0.3) is 10.0 Å². The lowest BCUT2D eigenvalue weighted by Crippen LogP contribution is -2.34. The molecule has 0 aliphatic carbocycles. The van der Waals surface area contributed by atoms with Crippen molar-refractivity contribution in [2.45, 2.75) is 16.7 Å². The van der Waals surface area contributed by atoms with Crippen molar-refractivity contribution < 1.29 is 25.8 Å². The van der Waals surface area contributed by atoms with Crippen LogP contribution in [0.5, 0.6) is 5.75 Å². The van der Waals surface area contributed by atoms with Gasteiger partial charge in [-0.05, 0) is 54.1 Å². The fraction of sp³-hybridized carbons (Fsp3) is 0.0417. The molecule has 0 unspecified atom stereocenters. The van der Waals surface area contributed by atoms with Crippen LogP contribution in [0.1, 0.15) is 5.56 Å². The molecule has 174 valence electrons. The Morgan fingerprint density at radius 3 is 2.15 bits per heavy atom. The van der Waals surface area contributed by atoms with Crippen LogP contribution in [0.4, 0.5) is 10.5 Å². The third-order valence-corrected chi connectivity index (χ3v) is 7.46. The highest BCUT2D eigenvalue weighted by Crippen LogP contribution is 2.24. The molecule has 4 aromatic carbocycles. The molecule has 34 heavy (non-hydrogen) atoms. The SMILES string of the molecule is Cc1ccc(S(=O)(=O)NC(=O)Nc2cccc(OS(=O)(=O)c3ccc4ccccc4c3)c2)cc1. The number of amides is 2. The van der Waals surface area contributed by atoms with Crippen LogP contribution in [0.15, 0.2) is 101 Å². The first-order valence-electron chi connectivity index (χ1n) is 10.1. The highest BCUT2D eigenvalue weighted by atomic mass is 32.2. The van der Waals surface area contributed by atoms with Crippen molar-refractivity contribution in [2.75, 3.05) is 5.32 Å². The topological polar surface area (TPSA) is 119 Å². The van der Waals surface area contributed by atoms with E-state index in [0.717, 1.165) is 16.3 Å². The zero-order chi connectivity index (χ0) is 24.3. The second kappa shape index (κ2) is 9.16. The van der Waals surface area contributed by atoms with Crippen LogP contribution in [0, 0.1) is 6.92 Å². The number of carbonyl (C=O) groups excluding carboxylic acids is 1. The Hall–Kier alpha value is -3.89. The number of rotatable bonds is 6. The average molecular weight is 497 g/mol. The van der Waals surface area contributed by atoms with E-state index in [2.05, 4.69) is 5.32 Å². The third-order valence-electron chi connectivity index (χ3n) is 4.87. The minimum atomic E-state index is -4.14. The average Bonchev–Trinajstić information content (AvgIpc) is 2.78. The highest BCUT2D eigenvalue weighted by Gasteiger charge is 2.19. The van der Waals surface area contributed by atoms with Crippen molar-refractivity contribution in [3.8, 4) is 5.75 Å². The fourth-order valence-corrected chi connectivity index (χ4v) is 5.04. The van der Waals surface area contributed by atoms with Crippen molar-refractivity contribution >= 4 is 42.6 Å². The minimum absolute atomic E-state index is 0.0218. The monoisotopic (exact) mass is 496 g/mol.